The highest BCUT2D eigenvalue weighted by atomic mass is 35.5. The minimum atomic E-state index is -3.41. The number of piperidine rings is 1. The lowest BCUT2D eigenvalue weighted by Gasteiger charge is -2.19. The zero-order valence-electron chi connectivity index (χ0n) is 16.2. The second-order valence-corrected chi connectivity index (χ2v) is 8.83. The van der Waals surface area contributed by atoms with Crippen molar-refractivity contribution in [2.45, 2.75) is 37.0 Å². The highest BCUT2D eigenvalue weighted by Gasteiger charge is 2.22. The van der Waals surface area contributed by atoms with Gasteiger partial charge in [0, 0.05) is 24.8 Å². The number of amides is 1. The molecular formula is C18H26ClN5O3S. The minimum absolute atomic E-state index is 0. The number of benzene rings is 1. The van der Waals surface area contributed by atoms with Gasteiger partial charge in [-0.25, -0.2) is 13.1 Å². The lowest BCUT2D eigenvalue weighted by Crippen LogP contribution is -2.27. The third-order valence-corrected chi connectivity index (χ3v) is 6.00. The molecule has 1 aromatic heterocycles. The van der Waals surface area contributed by atoms with Crippen LogP contribution in [0.15, 0.2) is 23.1 Å². The SMILES string of the molecule is CCc1ccc(C(=O)Nc2nc(C3CCNCC3)nn2C)cc1S(C)(=O)=O.Cl. The lowest BCUT2D eigenvalue weighted by molar-refractivity contribution is 0.102. The molecule has 28 heavy (non-hydrogen) atoms. The number of halogens is 1. The summed E-state index contributed by atoms with van der Waals surface area (Å²) in [6.45, 7) is 3.75. The number of sulfone groups is 1. The summed E-state index contributed by atoms with van der Waals surface area (Å²) >= 11 is 0. The Morgan fingerprint density at radius 1 is 1.32 bits per heavy atom. The molecule has 0 bridgehead atoms. The van der Waals surface area contributed by atoms with Gasteiger partial charge in [-0.15, -0.1) is 12.4 Å². The number of nitrogens with zero attached hydrogens (tertiary/aromatic N) is 3. The van der Waals surface area contributed by atoms with Gasteiger partial charge in [-0.1, -0.05) is 13.0 Å². The van der Waals surface area contributed by atoms with Crippen molar-refractivity contribution in [2.24, 2.45) is 7.05 Å². The number of carbonyl (C=O) groups excluding carboxylic acids is 1. The summed E-state index contributed by atoms with van der Waals surface area (Å²) in [5.41, 5.74) is 0.972. The maximum atomic E-state index is 12.6. The normalized spacial score (nSPS) is 15.1. The highest BCUT2D eigenvalue weighted by molar-refractivity contribution is 7.90. The predicted molar refractivity (Wildman–Crippen MR) is 110 cm³/mol. The Kier molecular flexibility index (Phi) is 7.19. The molecule has 1 aliphatic rings. The molecule has 0 spiro atoms. The molecule has 2 N–H and O–H groups in total. The number of rotatable bonds is 5. The summed E-state index contributed by atoms with van der Waals surface area (Å²) in [6.07, 6.45) is 3.66. The van der Waals surface area contributed by atoms with Crippen LogP contribution in [0.5, 0.6) is 0 Å². The van der Waals surface area contributed by atoms with Crippen molar-refractivity contribution in [3.05, 3.63) is 35.2 Å². The number of anilines is 1. The molecule has 1 fully saturated rings. The van der Waals surface area contributed by atoms with Crippen molar-refractivity contribution in [3.63, 3.8) is 0 Å². The molecule has 10 heteroatoms. The first-order valence-electron chi connectivity index (χ1n) is 9.05. The number of carbonyl (C=O) groups is 1. The van der Waals surface area contributed by atoms with Gasteiger partial charge >= 0.3 is 0 Å². The average molecular weight is 428 g/mol. The Hall–Kier alpha value is -1.97. The van der Waals surface area contributed by atoms with E-state index < -0.39 is 15.7 Å². The van der Waals surface area contributed by atoms with E-state index in [2.05, 4.69) is 20.7 Å². The molecule has 0 unspecified atom stereocenters. The number of aryl methyl sites for hydroxylation is 2. The number of hydrogen-bond acceptors (Lipinski definition) is 6. The van der Waals surface area contributed by atoms with Gasteiger partial charge < -0.3 is 5.32 Å². The number of nitrogens with one attached hydrogen (secondary N) is 2. The van der Waals surface area contributed by atoms with Crippen LogP contribution in [0.4, 0.5) is 5.95 Å². The zero-order chi connectivity index (χ0) is 19.6. The van der Waals surface area contributed by atoms with Crippen LogP contribution in [0.25, 0.3) is 0 Å². The van der Waals surface area contributed by atoms with Crippen molar-refractivity contribution in [2.75, 3.05) is 24.7 Å². The summed E-state index contributed by atoms with van der Waals surface area (Å²) in [5.74, 6) is 0.958. The van der Waals surface area contributed by atoms with Gasteiger partial charge in [0.15, 0.2) is 15.7 Å². The van der Waals surface area contributed by atoms with Crippen LogP contribution < -0.4 is 10.6 Å². The molecule has 154 valence electrons. The van der Waals surface area contributed by atoms with Crippen LogP contribution in [-0.4, -0.2) is 48.4 Å². The van der Waals surface area contributed by atoms with Crippen molar-refractivity contribution >= 4 is 34.1 Å². The van der Waals surface area contributed by atoms with E-state index >= 15 is 0 Å². The van der Waals surface area contributed by atoms with E-state index in [-0.39, 0.29) is 28.8 Å². The zero-order valence-corrected chi connectivity index (χ0v) is 17.9. The number of hydrogen-bond donors (Lipinski definition) is 2. The van der Waals surface area contributed by atoms with Crippen LogP contribution in [0, 0.1) is 0 Å². The quantitative estimate of drug-likeness (QED) is 0.755. The van der Waals surface area contributed by atoms with Gasteiger partial charge in [0.1, 0.15) is 0 Å². The number of aromatic nitrogens is 3. The predicted octanol–water partition coefficient (Wildman–Crippen LogP) is 1.92. The summed E-state index contributed by atoms with van der Waals surface area (Å²) < 4.78 is 25.6. The maximum absolute atomic E-state index is 12.6. The van der Waals surface area contributed by atoms with Crippen molar-refractivity contribution in [3.8, 4) is 0 Å². The molecule has 8 nitrogen and oxygen atoms in total. The Bertz CT molecular complexity index is 952. The van der Waals surface area contributed by atoms with Crippen LogP contribution in [-0.2, 0) is 23.3 Å². The highest BCUT2D eigenvalue weighted by Crippen LogP contribution is 2.24. The molecule has 2 aromatic rings. The van der Waals surface area contributed by atoms with Crippen LogP contribution in [0.2, 0.25) is 0 Å². The molecule has 1 aliphatic heterocycles. The summed E-state index contributed by atoms with van der Waals surface area (Å²) in [6, 6.07) is 4.74. The molecule has 2 heterocycles. The van der Waals surface area contributed by atoms with Gasteiger partial charge in [-0.2, -0.15) is 10.1 Å². The minimum Gasteiger partial charge on any atom is -0.317 e. The van der Waals surface area contributed by atoms with Crippen molar-refractivity contribution < 1.29 is 13.2 Å². The first-order valence-corrected chi connectivity index (χ1v) is 10.9. The fourth-order valence-corrected chi connectivity index (χ4v) is 4.30. The van der Waals surface area contributed by atoms with Crippen molar-refractivity contribution in [1.29, 1.82) is 0 Å². The Balaban J connectivity index is 0.00000280. The molecule has 0 saturated carbocycles. The monoisotopic (exact) mass is 427 g/mol. The Morgan fingerprint density at radius 3 is 2.61 bits per heavy atom. The van der Waals surface area contributed by atoms with Crippen molar-refractivity contribution in [1.82, 2.24) is 20.1 Å². The maximum Gasteiger partial charge on any atom is 0.258 e. The smallest absolute Gasteiger partial charge is 0.258 e. The molecule has 0 radical (unpaired) electrons. The first kappa shape index (κ1) is 22.3. The second kappa shape index (κ2) is 9.02. The Labute approximate surface area is 171 Å². The lowest BCUT2D eigenvalue weighted by atomic mass is 9.98. The van der Waals surface area contributed by atoms with E-state index in [0.29, 0.717) is 17.9 Å². The van der Waals surface area contributed by atoms with E-state index in [0.717, 1.165) is 38.0 Å². The summed E-state index contributed by atoms with van der Waals surface area (Å²) in [5, 5.41) is 10.5. The molecule has 1 amide bonds. The fraction of sp³-hybridized carbons (Fsp3) is 0.500. The molecule has 1 aromatic carbocycles. The van der Waals surface area contributed by atoms with E-state index in [4.69, 9.17) is 0 Å². The topological polar surface area (TPSA) is 106 Å². The summed E-state index contributed by atoms with van der Waals surface area (Å²) in [7, 11) is -1.68. The fourth-order valence-electron chi connectivity index (χ4n) is 3.27. The molecule has 3 rings (SSSR count). The van der Waals surface area contributed by atoms with E-state index in [9.17, 15) is 13.2 Å². The van der Waals surface area contributed by atoms with Gasteiger partial charge in [0.05, 0.1) is 4.90 Å². The largest absolute Gasteiger partial charge is 0.317 e. The van der Waals surface area contributed by atoms with E-state index in [1.54, 1.807) is 23.9 Å². The van der Waals surface area contributed by atoms with Crippen LogP contribution in [0.1, 0.15) is 47.4 Å². The van der Waals surface area contributed by atoms with Gasteiger partial charge in [-0.05, 0) is 50.0 Å². The molecule has 0 atom stereocenters. The van der Waals surface area contributed by atoms with Gasteiger partial charge in [0.25, 0.3) is 5.91 Å². The molecule has 0 aliphatic carbocycles. The standard InChI is InChI=1S/C18H25N5O3S.ClH/c1-4-12-5-6-14(11-15(12)27(3,25)26)17(24)21-18-20-16(22-23(18)2)13-7-9-19-10-8-13;/h5-6,11,13,19H,4,7-10H2,1-3H3,(H,20,21,22,24);1H. The second-order valence-electron chi connectivity index (χ2n) is 6.84. The van der Waals surface area contributed by atoms with Crippen LogP contribution >= 0.6 is 12.4 Å². The van der Waals surface area contributed by atoms with Gasteiger partial charge in [-0.3, -0.25) is 10.1 Å². The van der Waals surface area contributed by atoms with E-state index in [1.807, 2.05) is 6.92 Å². The average Bonchev–Trinajstić information content (AvgIpc) is 3.01. The Morgan fingerprint density at radius 2 is 2.00 bits per heavy atom. The van der Waals surface area contributed by atoms with E-state index in [1.165, 1.54) is 6.07 Å². The summed E-state index contributed by atoms with van der Waals surface area (Å²) in [4.78, 5) is 17.3. The molecular weight excluding hydrogens is 402 g/mol. The van der Waals surface area contributed by atoms with Gasteiger partial charge in [0.2, 0.25) is 5.95 Å². The molecule has 1 saturated heterocycles. The third-order valence-electron chi connectivity index (χ3n) is 4.82. The first-order chi connectivity index (χ1) is 12.8. The van der Waals surface area contributed by atoms with Crippen LogP contribution in [0.3, 0.4) is 0 Å². The third kappa shape index (κ3) is 4.89.